The molecular weight excluding hydrogens is 388 g/mol. The predicted molar refractivity (Wildman–Crippen MR) is 116 cm³/mol. The summed E-state index contributed by atoms with van der Waals surface area (Å²) in [4.78, 5) is 27.7. The molecule has 6 heteroatoms. The molecule has 0 bridgehead atoms. The minimum absolute atomic E-state index is 0.00224. The van der Waals surface area contributed by atoms with Gasteiger partial charge in [-0.2, -0.15) is 0 Å². The standard InChI is InChI=1S/C23H29ClN2O3/c1-5-21(23(28)25-16(2)3)26(15-17-9-11-20(29-4)12-10-17)22(27)14-18-7-6-8-19(24)13-18/h6-13,16,21H,5,14-15H2,1-4H3,(H,25,28)/t21-/m1/s1. The van der Waals surface area contributed by atoms with E-state index in [4.69, 9.17) is 16.3 Å². The molecule has 0 fully saturated rings. The van der Waals surface area contributed by atoms with Gasteiger partial charge < -0.3 is 15.0 Å². The van der Waals surface area contributed by atoms with Crippen molar-refractivity contribution in [1.29, 1.82) is 0 Å². The molecule has 0 radical (unpaired) electrons. The van der Waals surface area contributed by atoms with E-state index in [1.54, 1.807) is 24.1 Å². The summed E-state index contributed by atoms with van der Waals surface area (Å²) in [5.74, 6) is 0.486. The lowest BCUT2D eigenvalue weighted by Crippen LogP contribution is -2.50. The summed E-state index contributed by atoms with van der Waals surface area (Å²) in [6, 6.07) is 14.2. The summed E-state index contributed by atoms with van der Waals surface area (Å²) >= 11 is 6.06. The monoisotopic (exact) mass is 416 g/mol. The molecule has 0 aliphatic heterocycles. The first-order valence-corrected chi connectivity index (χ1v) is 10.2. The van der Waals surface area contributed by atoms with Crippen LogP contribution in [0.25, 0.3) is 0 Å². The number of hydrogen-bond donors (Lipinski definition) is 1. The summed E-state index contributed by atoms with van der Waals surface area (Å²) < 4.78 is 5.21. The molecule has 0 unspecified atom stereocenters. The van der Waals surface area contributed by atoms with Crippen molar-refractivity contribution in [1.82, 2.24) is 10.2 Å². The normalized spacial score (nSPS) is 11.8. The largest absolute Gasteiger partial charge is 0.497 e. The number of carbonyl (C=O) groups is 2. The number of carbonyl (C=O) groups excluding carboxylic acids is 2. The van der Waals surface area contributed by atoms with Gasteiger partial charge in [-0.05, 0) is 55.7 Å². The maximum atomic E-state index is 13.2. The summed E-state index contributed by atoms with van der Waals surface area (Å²) in [5, 5.41) is 3.52. The van der Waals surface area contributed by atoms with Crippen LogP contribution in [0.5, 0.6) is 5.75 Å². The molecule has 156 valence electrons. The van der Waals surface area contributed by atoms with E-state index in [9.17, 15) is 9.59 Å². The fourth-order valence-electron chi connectivity index (χ4n) is 3.15. The summed E-state index contributed by atoms with van der Waals surface area (Å²) in [5.41, 5.74) is 1.75. The average Bonchev–Trinajstić information content (AvgIpc) is 2.67. The fraction of sp³-hybridized carbons (Fsp3) is 0.391. The molecule has 2 amide bonds. The van der Waals surface area contributed by atoms with Gasteiger partial charge in [0.2, 0.25) is 11.8 Å². The van der Waals surface area contributed by atoms with Crippen molar-refractivity contribution < 1.29 is 14.3 Å². The number of halogens is 1. The number of methoxy groups -OCH3 is 1. The zero-order valence-electron chi connectivity index (χ0n) is 17.4. The molecule has 0 aliphatic rings. The zero-order valence-corrected chi connectivity index (χ0v) is 18.2. The van der Waals surface area contributed by atoms with E-state index in [1.165, 1.54) is 0 Å². The first-order chi connectivity index (χ1) is 13.8. The number of benzene rings is 2. The van der Waals surface area contributed by atoms with E-state index in [-0.39, 0.29) is 24.3 Å². The Morgan fingerprint density at radius 3 is 2.34 bits per heavy atom. The third kappa shape index (κ3) is 6.79. The minimum atomic E-state index is -0.550. The van der Waals surface area contributed by atoms with Gasteiger partial charge >= 0.3 is 0 Å². The van der Waals surface area contributed by atoms with Gasteiger partial charge in [0.15, 0.2) is 0 Å². The van der Waals surface area contributed by atoms with Crippen molar-refractivity contribution in [2.75, 3.05) is 7.11 Å². The van der Waals surface area contributed by atoms with Crippen LogP contribution in [0.1, 0.15) is 38.3 Å². The number of rotatable bonds is 9. The van der Waals surface area contributed by atoms with E-state index in [1.807, 2.05) is 57.2 Å². The lowest BCUT2D eigenvalue weighted by Gasteiger charge is -2.31. The highest BCUT2D eigenvalue weighted by molar-refractivity contribution is 6.30. The second kappa shape index (κ2) is 10.9. The predicted octanol–water partition coefficient (Wildman–Crippen LogP) is 4.22. The van der Waals surface area contributed by atoms with E-state index < -0.39 is 6.04 Å². The van der Waals surface area contributed by atoms with Gasteiger partial charge in [-0.15, -0.1) is 0 Å². The highest BCUT2D eigenvalue weighted by atomic mass is 35.5. The maximum absolute atomic E-state index is 13.2. The molecular formula is C23H29ClN2O3. The SMILES string of the molecule is CC[C@H](C(=O)NC(C)C)N(Cc1ccc(OC)cc1)C(=O)Cc1cccc(Cl)c1. The van der Waals surface area contributed by atoms with Gasteiger partial charge in [-0.3, -0.25) is 9.59 Å². The molecule has 0 heterocycles. The Morgan fingerprint density at radius 2 is 1.79 bits per heavy atom. The van der Waals surface area contributed by atoms with Gasteiger partial charge in [-0.1, -0.05) is 42.8 Å². The first-order valence-electron chi connectivity index (χ1n) is 9.81. The summed E-state index contributed by atoms with van der Waals surface area (Å²) in [7, 11) is 1.61. The van der Waals surface area contributed by atoms with Crippen LogP contribution in [0, 0.1) is 0 Å². The molecule has 0 saturated carbocycles. The first kappa shape index (κ1) is 22.8. The van der Waals surface area contributed by atoms with Crippen molar-refractivity contribution in [3.05, 3.63) is 64.7 Å². The van der Waals surface area contributed by atoms with Crippen molar-refractivity contribution in [2.45, 2.75) is 52.2 Å². The highest BCUT2D eigenvalue weighted by Crippen LogP contribution is 2.18. The van der Waals surface area contributed by atoms with Crippen LogP contribution in [-0.4, -0.2) is 35.9 Å². The molecule has 2 rings (SSSR count). The van der Waals surface area contributed by atoms with Gasteiger partial charge in [0.05, 0.1) is 13.5 Å². The van der Waals surface area contributed by atoms with Gasteiger partial charge in [0.25, 0.3) is 0 Å². The lowest BCUT2D eigenvalue weighted by atomic mass is 10.1. The molecule has 0 aromatic heterocycles. The van der Waals surface area contributed by atoms with E-state index in [2.05, 4.69) is 5.32 Å². The Balaban J connectivity index is 2.28. The maximum Gasteiger partial charge on any atom is 0.243 e. The van der Waals surface area contributed by atoms with Gasteiger partial charge in [0.1, 0.15) is 11.8 Å². The molecule has 0 aliphatic carbocycles. The third-order valence-electron chi connectivity index (χ3n) is 4.57. The Hall–Kier alpha value is -2.53. The summed E-state index contributed by atoms with van der Waals surface area (Å²) in [6.45, 7) is 6.07. The Kier molecular flexibility index (Phi) is 8.52. The van der Waals surface area contributed by atoms with E-state index >= 15 is 0 Å². The fourth-order valence-corrected chi connectivity index (χ4v) is 3.36. The second-order valence-electron chi connectivity index (χ2n) is 7.26. The smallest absolute Gasteiger partial charge is 0.243 e. The van der Waals surface area contributed by atoms with Crippen molar-refractivity contribution in [3.63, 3.8) is 0 Å². The highest BCUT2D eigenvalue weighted by Gasteiger charge is 2.29. The van der Waals surface area contributed by atoms with Crippen molar-refractivity contribution >= 4 is 23.4 Å². The van der Waals surface area contributed by atoms with Crippen LogP contribution in [-0.2, 0) is 22.6 Å². The Labute approximate surface area is 178 Å². The van der Waals surface area contributed by atoms with Crippen molar-refractivity contribution in [2.24, 2.45) is 0 Å². The van der Waals surface area contributed by atoms with Crippen LogP contribution >= 0.6 is 11.6 Å². The molecule has 1 atom stereocenters. The molecule has 2 aromatic carbocycles. The van der Waals surface area contributed by atoms with E-state index in [0.29, 0.717) is 18.0 Å². The molecule has 0 spiro atoms. The molecule has 2 aromatic rings. The average molecular weight is 417 g/mol. The number of ether oxygens (including phenoxy) is 1. The second-order valence-corrected chi connectivity index (χ2v) is 7.70. The van der Waals surface area contributed by atoms with Crippen LogP contribution < -0.4 is 10.1 Å². The van der Waals surface area contributed by atoms with Gasteiger partial charge in [-0.25, -0.2) is 0 Å². The minimum Gasteiger partial charge on any atom is -0.497 e. The Morgan fingerprint density at radius 1 is 1.10 bits per heavy atom. The third-order valence-corrected chi connectivity index (χ3v) is 4.81. The number of nitrogens with zero attached hydrogens (tertiary/aromatic N) is 1. The molecule has 0 saturated heterocycles. The quantitative estimate of drug-likeness (QED) is 0.665. The van der Waals surface area contributed by atoms with Crippen molar-refractivity contribution in [3.8, 4) is 5.75 Å². The van der Waals surface area contributed by atoms with Gasteiger partial charge in [0, 0.05) is 17.6 Å². The molecule has 29 heavy (non-hydrogen) atoms. The van der Waals surface area contributed by atoms with Crippen LogP contribution in [0.15, 0.2) is 48.5 Å². The Bertz CT molecular complexity index is 821. The van der Waals surface area contributed by atoms with E-state index in [0.717, 1.165) is 16.9 Å². The molecule has 5 nitrogen and oxygen atoms in total. The zero-order chi connectivity index (χ0) is 21.4. The van der Waals surface area contributed by atoms with Crippen LogP contribution in [0.2, 0.25) is 5.02 Å². The molecule has 1 N–H and O–H groups in total. The number of amides is 2. The van der Waals surface area contributed by atoms with Crippen LogP contribution in [0.4, 0.5) is 0 Å². The lowest BCUT2D eigenvalue weighted by molar-refractivity contribution is -0.141. The summed E-state index contributed by atoms with van der Waals surface area (Å²) in [6.07, 6.45) is 0.707. The van der Waals surface area contributed by atoms with Crippen LogP contribution in [0.3, 0.4) is 0 Å². The number of hydrogen-bond acceptors (Lipinski definition) is 3. The topological polar surface area (TPSA) is 58.6 Å². The number of nitrogens with one attached hydrogen (secondary N) is 1.